The van der Waals surface area contributed by atoms with Gasteiger partial charge < -0.3 is 9.73 Å². The quantitative estimate of drug-likeness (QED) is 0.787. The molecule has 0 saturated carbocycles. The molecule has 0 aliphatic rings. The zero-order valence-electron chi connectivity index (χ0n) is 8.56. The Hall–Kier alpha value is -0.960. The van der Waals surface area contributed by atoms with Crippen molar-refractivity contribution in [2.24, 2.45) is 0 Å². The molecule has 1 rings (SSSR count). The second-order valence-corrected chi connectivity index (χ2v) is 4.17. The first-order valence-corrected chi connectivity index (χ1v) is 4.92. The van der Waals surface area contributed by atoms with Gasteiger partial charge in [0.05, 0.1) is 6.26 Å². The van der Waals surface area contributed by atoms with Gasteiger partial charge in [-0.3, -0.25) is 4.79 Å². The molecule has 1 N–H and O–H groups in total. The molecule has 0 saturated heterocycles. The van der Waals surface area contributed by atoms with Crippen LogP contribution in [0, 0.1) is 6.92 Å². The van der Waals surface area contributed by atoms with Crippen molar-refractivity contribution < 1.29 is 9.21 Å². The largest absolute Gasteiger partial charge is 0.459 e. The number of rotatable bonds is 3. The zero-order chi connectivity index (χ0) is 10.8. The van der Waals surface area contributed by atoms with Gasteiger partial charge in [0.25, 0.3) is 5.91 Å². The van der Waals surface area contributed by atoms with Gasteiger partial charge in [0.2, 0.25) is 0 Å². The predicted molar refractivity (Wildman–Crippen MR) is 55.7 cm³/mol. The average Bonchev–Trinajstić information content (AvgIpc) is 2.51. The van der Waals surface area contributed by atoms with Crippen LogP contribution < -0.4 is 5.32 Å². The summed E-state index contributed by atoms with van der Waals surface area (Å²) in [4.78, 5) is 11.6. The van der Waals surface area contributed by atoms with Crippen LogP contribution in [0.15, 0.2) is 16.7 Å². The summed E-state index contributed by atoms with van der Waals surface area (Å²) in [7, 11) is 0. The molecule has 0 fully saturated rings. The zero-order valence-corrected chi connectivity index (χ0v) is 9.31. The van der Waals surface area contributed by atoms with Gasteiger partial charge in [-0.05, 0) is 26.8 Å². The third-order valence-electron chi connectivity index (χ3n) is 1.85. The summed E-state index contributed by atoms with van der Waals surface area (Å²) in [6, 6.07) is 1.75. The standard InChI is InChI=1S/C10H14ClNO2/c1-7-4-5-14-8(7)9(13)12-10(2,3)6-11/h4-5H,6H2,1-3H3,(H,12,13). The normalized spacial score (nSPS) is 11.4. The van der Waals surface area contributed by atoms with E-state index in [-0.39, 0.29) is 5.91 Å². The van der Waals surface area contributed by atoms with Gasteiger partial charge in [-0.1, -0.05) is 0 Å². The Morgan fingerprint density at radius 3 is 2.71 bits per heavy atom. The van der Waals surface area contributed by atoms with E-state index in [2.05, 4.69) is 5.32 Å². The van der Waals surface area contributed by atoms with E-state index in [0.717, 1.165) is 5.56 Å². The molecular weight excluding hydrogens is 202 g/mol. The highest BCUT2D eigenvalue weighted by atomic mass is 35.5. The van der Waals surface area contributed by atoms with Crippen molar-refractivity contribution in [3.63, 3.8) is 0 Å². The Morgan fingerprint density at radius 1 is 1.64 bits per heavy atom. The molecule has 4 heteroatoms. The molecule has 3 nitrogen and oxygen atoms in total. The van der Waals surface area contributed by atoms with Crippen LogP contribution in [0.4, 0.5) is 0 Å². The number of furan rings is 1. The molecule has 0 aliphatic carbocycles. The number of amides is 1. The SMILES string of the molecule is Cc1ccoc1C(=O)NC(C)(C)CCl. The highest BCUT2D eigenvalue weighted by molar-refractivity contribution is 6.18. The van der Waals surface area contributed by atoms with E-state index in [1.807, 2.05) is 20.8 Å². The van der Waals surface area contributed by atoms with E-state index in [9.17, 15) is 4.79 Å². The van der Waals surface area contributed by atoms with Crippen molar-refractivity contribution >= 4 is 17.5 Å². The van der Waals surface area contributed by atoms with Crippen molar-refractivity contribution in [3.05, 3.63) is 23.7 Å². The summed E-state index contributed by atoms with van der Waals surface area (Å²) in [5, 5.41) is 2.78. The molecule has 0 aliphatic heterocycles. The average molecular weight is 216 g/mol. The fourth-order valence-corrected chi connectivity index (χ4v) is 1.07. The number of nitrogens with one attached hydrogen (secondary N) is 1. The Kier molecular flexibility index (Phi) is 3.21. The van der Waals surface area contributed by atoms with Gasteiger partial charge in [-0.2, -0.15) is 0 Å². The number of carbonyl (C=O) groups excluding carboxylic acids is 1. The molecule has 0 spiro atoms. The van der Waals surface area contributed by atoms with Crippen LogP contribution in [-0.2, 0) is 0 Å². The molecule has 0 aromatic carbocycles. The lowest BCUT2D eigenvalue weighted by Gasteiger charge is -2.22. The summed E-state index contributed by atoms with van der Waals surface area (Å²) in [5.41, 5.74) is 0.408. The third-order valence-corrected chi connectivity index (χ3v) is 2.52. The maximum Gasteiger partial charge on any atom is 0.287 e. The van der Waals surface area contributed by atoms with Gasteiger partial charge in [-0.15, -0.1) is 11.6 Å². The minimum atomic E-state index is -0.419. The lowest BCUT2D eigenvalue weighted by Crippen LogP contribution is -2.44. The monoisotopic (exact) mass is 215 g/mol. The summed E-state index contributed by atoms with van der Waals surface area (Å²) in [6.07, 6.45) is 1.50. The maximum atomic E-state index is 11.6. The Balaban J connectivity index is 2.73. The first-order valence-electron chi connectivity index (χ1n) is 4.39. The van der Waals surface area contributed by atoms with Crippen LogP contribution in [-0.4, -0.2) is 17.3 Å². The van der Waals surface area contributed by atoms with Gasteiger partial charge in [0, 0.05) is 17.0 Å². The van der Waals surface area contributed by atoms with Crippen LogP contribution in [0.5, 0.6) is 0 Å². The van der Waals surface area contributed by atoms with Crippen LogP contribution in [0.3, 0.4) is 0 Å². The van der Waals surface area contributed by atoms with Crippen molar-refractivity contribution in [2.45, 2.75) is 26.3 Å². The molecule has 0 atom stereocenters. The van der Waals surface area contributed by atoms with Crippen molar-refractivity contribution in [3.8, 4) is 0 Å². The summed E-state index contributed by atoms with van der Waals surface area (Å²) >= 11 is 5.69. The number of hydrogen-bond donors (Lipinski definition) is 1. The first-order chi connectivity index (χ1) is 6.46. The Bertz CT molecular complexity index is 331. The summed E-state index contributed by atoms with van der Waals surface area (Å²) < 4.78 is 5.06. The van der Waals surface area contributed by atoms with Crippen LogP contribution in [0.25, 0.3) is 0 Å². The molecule has 1 aromatic heterocycles. The fourth-order valence-electron chi connectivity index (χ4n) is 1.00. The molecule has 78 valence electrons. The van der Waals surface area contributed by atoms with E-state index in [4.69, 9.17) is 16.0 Å². The molecule has 14 heavy (non-hydrogen) atoms. The second kappa shape index (κ2) is 4.05. The van der Waals surface area contributed by atoms with Crippen LogP contribution in [0.2, 0.25) is 0 Å². The number of carbonyl (C=O) groups is 1. The predicted octanol–water partition coefficient (Wildman–Crippen LogP) is 2.34. The van der Waals surface area contributed by atoms with Crippen LogP contribution in [0.1, 0.15) is 30.0 Å². The van der Waals surface area contributed by atoms with E-state index in [1.165, 1.54) is 6.26 Å². The number of aryl methyl sites for hydroxylation is 1. The van der Waals surface area contributed by atoms with Crippen LogP contribution >= 0.6 is 11.6 Å². The van der Waals surface area contributed by atoms with Crippen molar-refractivity contribution in [1.29, 1.82) is 0 Å². The minimum Gasteiger partial charge on any atom is -0.459 e. The second-order valence-electron chi connectivity index (χ2n) is 3.90. The molecule has 1 amide bonds. The minimum absolute atomic E-state index is 0.224. The smallest absolute Gasteiger partial charge is 0.287 e. The van der Waals surface area contributed by atoms with Gasteiger partial charge >= 0.3 is 0 Å². The maximum absolute atomic E-state index is 11.6. The third kappa shape index (κ3) is 2.51. The lowest BCUT2D eigenvalue weighted by atomic mass is 10.1. The molecule has 0 bridgehead atoms. The molecule has 0 radical (unpaired) electrons. The van der Waals surface area contributed by atoms with E-state index >= 15 is 0 Å². The highest BCUT2D eigenvalue weighted by Gasteiger charge is 2.22. The molecule has 1 aromatic rings. The fraction of sp³-hybridized carbons (Fsp3) is 0.500. The summed E-state index contributed by atoms with van der Waals surface area (Å²) in [6.45, 7) is 5.54. The molecule has 0 unspecified atom stereocenters. The number of alkyl halides is 1. The Labute approximate surface area is 88.4 Å². The summed E-state index contributed by atoms with van der Waals surface area (Å²) in [5.74, 6) is 0.486. The Morgan fingerprint density at radius 2 is 2.29 bits per heavy atom. The van der Waals surface area contributed by atoms with E-state index in [0.29, 0.717) is 11.6 Å². The highest BCUT2D eigenvalue weighted by Crippen LogP contribution is 2.11. The van der Waals surface area contributed by atoms with E-state index in [1.54, 1.807) is 6.07 Å². The number of hydrogen-bond acceptors (Lipinski definition) is 2. The lowest BCUT2D eigenvalue weighted by molar-refractivity contribution is 0.0891. The molecular formula is C10H14ClNO2. The van der Waals surface area contributed by atoms with Gasteiger partial charge in [0.15, 0.2) is 5.76 Å². The van der Waals surface area contributed by atoms with Crippen molar-refractivity contribution in [1.82, 2.24) is 5.32 Å². The van der Waals surface area contributed by atoms with Gasteiger partial charge in [-0.25, -0.2) is 0 Å². The van der Waals surface area contributed by atoms with E-state index < -0.39 is 5.54 Å². The van der Waals surface area contributed by atoms with Crippen molar-refractivity contribution in [2.75, 3.05) is 5.88 Å². The van der Waals surface area contributed by atoms with Gasteiger partial charge in [0.1, 0.15) is 0 Å². The topological polar surface area (TPSA) is 42.2 Å². The molecule has 1 heterocycles. The first kappa shape index (κ1) is 11.1. The number of halogens is 1.